The predicted octanol–water partition coefficient (Wildman–Crippen LogP) is 7.69. The van der Waals surface area contributed by atoms with Crippen LogP contribution in [-0.4, -0.2) is 88.6 Å². The summed E-state index contributed by atoms with van der Waals surface area (Å²) in [6, 6.07) is 5.23. The van der Waals surface area contributed by atoms with Crippen LogP contribution < -0.4 is 14.4 Å². The number of anilines is 1. The van der Waals surface area contributed by atoms with Crippen molar-refractivity contribution in [1.29, 1.82) is 0 Å². The number of carboxylic acid groups (broad SMARTS) is 1. The van der Waals surface area contributed by atoms with Crippen molar-refractivity contribution < 1.29 is 37.7 Å². The molecule has 1 saturated carbocycles. The van der Waals surface area contributed by atoms with E-state index in [4.69, 9.17) is 20.9 Å². The Kier molecular flexibility index (Phi) is 10.1. The Morgan fingerprint density at radius 1 is 1.11 bits per heavy atom. The maximum Gasteiger partial charge on any atom is 0.319 e. The first-order chi connectivity index (χ1) is 26.2. The number of phenols is 1. The van der Waals surface area contributed by atoms with Gasteiger partial charge in [0.2, 0.25) is 5.88 Å². The summed E-state index contributed by atoms with van der Waals surface area (Å²) in [7, 11) is 1.38. The molecular formula is C42H46F3N5O5. The number of ether oxygens (including phenoxy) is 2. The maximum absolute atomic E-state index is 17.4. The molecule has 2 aromatic heterocycles. The highest BCUT2D eigenvalue weighted by atomic mass is 19.1. The lowest BCUT2D eigenvalue weighted by Gasteiger charge is -2.45. The fraction of sp³-hybridized carbons (Fsp3) is 0.476. The van der Waals surface area contributed by atoms with Gasteiger partial charge in [0.15, 0.2) is 5.82 Å². The number of nitrogens with zero attached hydrogens (tertiary/aromatic N) is 5. The van der Waals surface area contributed by atoms with Crippen LogP contribution in [0.25, 0.3) is 32.9 Å². The second kappa shape index (κ2) is 14.5. The number of allylic oxidation sites excluding steroid dienone is 1. The number of fused-ring (bicyclic) bond motifs is 2. The number of carbonyl (C=O) groups is 1. The van der Waals surface area contributed by atoms with Crippen molar-refractivity contribution in [2.45, 2.75) is 65.5 Å². The van der Waals surface area contributed by atoms with E-state index in [9.17, 15) is 19.4 Å². The fourth-order valence-electron chi connectivity index (χ4n) is 8.09. The lowest BCUT2D eigenvalue weighted by atomic mass is 9.63. The van der Waals surface area contributed by atoms with Gasteiger partial charge in [0.25, 0.3) is 0 Å². The molecule has 2 N–H and O–H groups in total. The molecule has 2 fully saturated rings. The Morgan fingerprint density at radius 3 is 2.53 bits per heavy atom. The molecule has 2 aromatic carbocycles. The van der Waals surface area contributed by atoms with Crippen molar-refractivity contribution in [2.24, 2.45) is 16.2 Å². The molecule has 2 aliphatic heterocycles. The molecule has 13 heteroatoms. The number of methoxy groups -OCH3 is 1. The van der Waals surface area contributed by atoms with E-state index >= 15 is 8.78 Å². The fourth-order valence-corrected chi connectivity index (χ4v) is 8.09. The summed E-state index contributed by atoms with van der Waals surface area (Å²) in [6.07, 6.45) is 12.3. The Bertz CT molecular complexity index is 2230. The summed E-state index contributed by atoms with van der Waals surface area (Å²) >= 11 is 0. The van der Waals surface area contributed by atoms with E-state index in [2.05, 4.69) is 20.8 Å². The van der Waals surface area contributed by atoms with Crippen LogP contribution in [0.15, 0.2) is 36.4 Å². The van der Waals surface area contributed by atoms with Crippen molar-refractivity contribution >= 4 is 33.5 Å². The van der Waals surface area contributed by atoms with E-state index < -0.39 is 34.6 Å². The van der Waals surface area contributed by atoms with Crippen LogP contribution in [0.5, 0.6) is 17.6 Å². The molecule has 1 atom stereocenters. The number of aromatic hydroxyl groups is 1. The highest BCUT2D eigenvalue weighted by molar-refractivity contribution is 6.04. The summed E-state index contributed by atoms with van der Waals surface area (Å²) in [5, 5.41) is 21.3. The molecule has 3 aliphatic rings. The van der Waals surface area contributed by atoms with Gasteiger partial charge in [-0.05, 0) is 66.5 Å². The molecule has 10 nitrogen and oxygen atoms in total. The average Bonchev–Trinajstić information content (AvgIpc) is 3.94. The van der Waals surface area contributed by atoms with Crippen LogP contribution in [0.4, 0.5) is 19.0 Å². The minimum Gasteiger partial charge on any atom is -0.508 e. The average molecular weight is 758 g/mol. The number of aliphatic carboxylic acids is 1. The van der Waals surface area contributed by atoms with Gasteiger partial charge in [-0.25, -0.2) is 18.2 Å². The molecule has 1 aliphatic carbocycles. The van der Waals surface area contributed by atoms with E-state index in [1.165, 1.54) is 31.4 Å². The minimum atomic E-state index is -0.912. The number of likely N-dealkylation sites (tertiary alicyclic amines) is 1. The SMILES string of the molecule is C#Cc1c(F)ccc2cc(O)cc(-c3nc(OC)c4c(N5CC=CCC(C)(C(C)(C)CC(=O)O)C5)nc(OCC5(CN6CCC(F)CC6)CC5)nc4c3F)c12. The molecule has 0 spiro atoms. The molecule has 4 heterocycles. The normalized spacial score (nSPS) is 20.4. The Hall–Kier alpha value is -5.09. The smallest absolute Gasteiger partial charge is 0.319 e. The molecule has 7 rings (SSSR count). The molecule has 55 heavy (non-hydrogen) atoms. The molecule has 0 radical (unpaired) electrons. The summed E-state index contributed by atoms with van der Waals surface area (Å²) < 4.78 is 58.5. The van der Waals surface area contributed by atoms with E-state index in [0.717, 1.165) is 19.4 Å². The zero-order chi connectivity index (χ0) is 39.3. The van der Waals surface area contributed by atoms with Crippen LogP contribution in [0.1, 0.15) is 64.9 Å². The Morgan fingerprint density at radius 2 is 1.85 bits per heavy atom. The zero-order valence-electron chi connectivity index (χ0n) is 31.6. The van der Waals surface area contributed by atoms with E-state index in [1.54, 1.807) is 0 Å². The van der Waals surface area contributed by atoms with Gasteiger partial charge in [-0.3, -0.25) is 4.79 Å². The van der Waals surface area contributed by atoms with Crippen LogP contribution in [0.2, 0.25) is 0 Å². The minimum absolute atomic E-state index is 0.0299. The first-order valence-corrected chi connectivity index (χ1v) is 18.6. The summed E-state index contributed by atoms with van der Waals surface area (Å²) in [5.41, 5.74) is -1.95. The van der Waals surface area contributed by atoms with Gasteiger partial charge in [-0.15, -0.1) is 6.42 Å². The summed E-state index contributed by atoms with van der Waals surface area (Å²) in [6.45, 7) is 8.93. The first-order valence-electron chi connectivity index (χ1n) is 18.6. The van der Waals surface area contributed by atoms with E-state index in [-0.39, 0.29) is 75.0 Å². The van der Waals surface area contributed by atoms with Gasteiger partial charge in [-0.2, -0.15) is 9.97 Å². The monoisotopic (exact) mass is 757 g/mol. The van der Waals surface area contributed by atoms with Crippen molar-refractivity contribution in [2.75, 3.05) is 51.3 Å². The van der Waals surface area contributed by atoms with Crippen molar-refractivity contribution in [3.63, 3.8) is 0 Å². The third kappa shape index (κ3) is 7.36. The quantitative estimate of drug-likeness (QED) is 0.116. The molecule has 1 unspecified atom stereocenters. The maximum atomic E-state index is 17.4. The van der Waals surface area contributed by atoms with Gasteiger partial charge in [0.05, 0.1) is 25.7 Å². The predicted molar refractivity (Wildman–Crippen MR) is 204 cm³/mol. The van der Waals surface area contributed by atoms with Crippen LogP contribution >= 0.6 is 0 Å². The molecule has 1 saturated heterocycles. The van der Waals surface area contributed by atoms with Crippen LogP contribution in [-0.2, 0) is 4.79 Å². The number of aromatic nitrogens is 3. The number of hydrogen-bond acceptors (Lipinski definition) is 9. The topological polar surface area (TPSA) is 121 Å². The molecular weight excluding hydrogens is 711 g/mol. The third-order valence-electron chi connectivity index (χ3n) is 12.0. The number of halogens is 3. The number of carboxylic acids is 1. The number of phenolic OH excluding ortho intramolecular Hbond substituents is 1. The number of hydrogen-bond donors (Lipinski definition) is 2. The highest BCUT2D eigenvalue weighted by Crippen LogP contribution is 2.49. The van der Waals surface area contributed by atoms with Crippen LogP contribution in [0, 0.1) is 40.2 Å². The number of alkyl halides is 1. The Balaban J connectivity index is 1.39. The number of pyridine rings is 1. The van der Waals surface area contributed by atoms with Gasteiger partial charge in [0, 0.05) is 49.1 Å². The molecule has 0 amide bonds. The van der Waals surface area contributed by atoms with Crippen molar-refractivity contribution in [3.05, 3.63) is 53.6 Å². The van der Waals surface area contributed by atoms with Gasteiger partial charge in [-0.1, -0.05) is 44.9 Å². The third-order valence-corrected chi connectivity index (χ3v) is 12.0. The van der Waals surface area contributed by atoms with E-state index in [1.807, 2.05) is 37.8 Å². The summed E-state index contributed by atoms with van der Waals surface area (Å²) in [5.74, 6) is -0.0924. The van der Waals surface area contributed by atoms with Crippen LogP contribution in [0.3, 0.4) is 0 Å². The van der Waals surface area contributed by atoms with Crippen molar-refractivity contribution in [1.82, 2.24) is 19.9 Å². The van der Waals surface area contributed by atoms with Gasteiger partial charge in [0.1, 0.15) is 40.2 Å². The number of terminal acetylenes is 1. The second-order valence-corrected chi connectivity index (χ2v) is 16.3. The standard InChI is InChI=1S/C42H46F3N5O5/c1-6-28-30(44)10-9-25-19-27(51)20-29(32(25)28)35-34(45)36-33(38(46-35)54-5)37(50-16-8-7-13-41(4,22-50)40(2,3)21-31(52)53)48-39(47-36)55-24-42(14-15-42)23-49-17-11-26(43)12-18-49/h1,7-10,19-20,26,51H,11-18,21-24H2,2-5H3,(H,52,53). The number of piperidine rings is 1. The zero-order valence-corrected chi connectivity index (χ0v) is 31.6. The Labute approximate surface area is 318 Å². The largest absolute Gasteiger partial charge is 0.508 e. The summed E-state index contributed by atoms with van der Waals surface area (Å²) in [4.78, 5) is 30.3. The molecule has 290 valence electrons. The van der Waals surface area contributed by atoms with E-state index in [0.29, 0.717) is 50.8 Å². The van der Waals surface area contributed by atoms with Crippen molar-refractivity contribution in [3.8, 4) is 41.2 Å². The lowest BCUT2D eigenvalue weighted by molar-refractivity contribution is -0.141. The molecule has 4 aromatic rings. The van der Waals surface area contributed by atoms with Gasteiger partial charge < -0.3 is 29.5 Å². The van der Waals surface area contributed by atoms with Gasteiger partial charge >= 0.3 is 12.0 Å². The number of rotatable bonds is 11. The first kappa shape index (κ1) is 38.2. The number of benzene rings is 2. The highest BCUT2D eigenvalue weighted by Gasteiger charge is 2.46. The second-order valence-electron chi connectivity index (χ2n) is 16.3. The lowest BCUT2D eigenvalue weighted by Crippen LogP contribution is -2.45. The molecule has 0 bridgehead atoms.